The van der Waals surface area contributed by atoms with Gasteiger partial charge in [0, 0.05) is 0 Å². The zero-order valence-corrected chi connectivity index (χ0v) is 6.19. The normalized spacial score (nSPS) is 42.3. The van der Waals surface area contributed by atoms with Crippen LogP contribution in [0.2, 0.25) is 0 Å². The van der Waals surface area contributed by atoms with Gasteiger partial charge in [0.15, 0.2) is 0 Å². The van der Waals surface area contributed by atoms with Crippen molar-refractivity contribution in [1.82, 2.24) is 0 Å². The second-order valence-corrected chi connectivity index (χ2v) is 3.63. The van der Waals surface area contributed by atoms with Crippen molar-refractivity contribution in [3.63, 3.8) is 0 Å². The molecule has 0 heteroatoms. The third kappa shape index (κ3) is 0.798. The first-order chi connectivity index (χ1) is 4.40. The highest BCUT2D eigenvalue weighted by atomic mass is 14.4. The third-order valence-electron chi connectivity index (χ3n) is 3.16. The highest BCUT2D eigenvalue weighted by Crippen LogP contribution is 2.50. The molecule has 51 valence electrons. The quantitative estimate of drug-likeness (QED) is 0.503. The standard InChI is InChI=1S/C9H15/c1-2-8-5-7-3-4-9(8)6-7/h8-9H,2-6H2,1H3. The zero-order valence-electron chi connectivity index (χ0n) is 6.19. The summed E-state index contributed by atoms with van der Waals surface area (Å²) < 4.78 is 0. The summed E-state index contributed by atoms with van der Waals surface area (Å²) in [4.78, 5) is 0. The fourth-order valence-electron chi connectivity index (χ4n) is 2.57. The van der Waals surface area contributed by atoms with Gasteiger partial charge in [-0.05, 0) is 43.4 Å². The van der Waals surface area contributed by atoms with Gasteiger partial charge < -0.3 is 0 Å². The molecule has 0 nitrogen and oxygen atoms in total. The van der Waals surface area contributed by atoms with E-state index in [9.17, 15) is 0 Å². The maximum Gasteiger partial charge on any atom is -0.0235 e. The Morgan fingerprint density at radius 3 is 2.67 bits per heavy atom. The molecule has 2 bridgehead atoms. The Morgan fingerprint density at radius 2 is 2.33 bits per heavy atom. The van der Waals surface area contributed by atoms with E-state index in [2.05, 4.69) is 6.92 Å². The summed E-state index contributed by atoms with van der Waals surface area (Å²) in [6.07, 6.45) is 7.41. The van der Waals surface area contributed by atoms with E-state index >= 15 is 0 Å². The first-order valence-electron chi connectivity index (χ1n) is 4.23. The molecular formula is C9H15. The van der Waals surface area contributed by atoms with E-state index in [1.807, 2.05) is 5.92 Å². The average Bonchev–Trinajstić information content (AvgIpc) is 2.45. The van der Waals surface area contributed by atoms with E-state index in [0.29, 0.717) is 0 Å². The predicted molar refractivity (Wildman–Crippen MR) is 39.0 cm³/mol. The topological polar surface area (TPSA) is 0 Å². The second-order valence-electron chi connectivity index (χ2n) is 3.63. The second kappa shape index (κ2) is 2.00. The summed E-state index contributed by atoms with van der Waals surface area (Å²) in [7, 11) is 0. The monoisotopic (exact) mass is 123 g/mol. The summed E-state index contributed by atoms with van der Waals surface area (Å²) >= 11 is 0. The molecule has 0 saturated heterocycles. The van der Waals surface area contributed by atoms with Crippen LogP contribution in [0.4, 0.5) is 0 Å². The highest BCUT2D eigenvalue weighted by Gasteiger charge is 2.38. The largest absolute Gasteiger partial charge is 0.0651 e. The molecule has 0 heterocycles. The minimum absolute atomic E-state index is 1.09. The van der Waals surface area contributed by atoms with Crippen LogP contribution in [0.15, 0.2) is 0 Å². The molecule has 0 aromatic rings. The fourth-order valence-corrected chi connectivity index (χ4v) is 2.57. The Hall–Kier alpha value is 0. The SMILES string of the molecule is CCC1C[C]2CCC1C2. The van der Waals surface area contributed by atoms with Crippen molar-refractivity contribution < 1.29 is 0 Å². The van der Waals surface area contributed by atoms with Crippen molar-refractivity contribution in [3.05, 3.63) is 5.92 Å². The minimum Gasteiger partial charge on any atom is -0.0651 e. The molecule has 2 unspecified atom stereocenters. The molecule has 0 aliphatic heterocycles. The van der Waals surface area contributed by atoms with E-state index in [0.717, 1.165) is 11.8 Å². The molecule has 2 aliphatic rings. The lowest BCUT2D eigenvalue weighted by atomic mass is 9.87. The van der Waals surface area contributed by atoms with E-state index in [1.165, 1.54) is 32.1 Å². The average molecular weight is 123 g/mol. The van der Waals surface area contributed by atoms with Crippen LogP contribution in [0.1, 0.15) is 39.0 Å². The smallest absolute Gasteiger partial charge is 0.0235 e. The molecule has 0 N–H and O–H groups in total. The predicted octanol–water partition coefficient (Wildman–Crippen LogP) is 2.79. The van der Waals surface area contributed by atoms with Crippen molar-refractivity contribution in [2.75, 3.05) is 0 Å². The lowest BCUT2D eigenvalue weighted by molar-refractivity contribution is 0.349. The zero-order chi connectivity index (χ0) is 6.27. The van der Waals surface area contributed by atoms with Gasteiger partial charge in [-0.15, -0.1) is 0 Å². The van der Waals surface area contributed by atoms with Gasteiger partial charge in [-0.3, -0.25) is 0 Å². The van der Waals surface area contributed by atoms with Crippen molar-refractivity contribution in [2.24, 2.45) is 11.8 Å². The number of rotatable bonds is 1. The van der Waals surface area contributed by atoms with Crippen LogP contribution in [-0.2, 0) is 0 Å². The Morgan fingerprint density at radius 1 is 1.44 bits per heavy atom. The maximum atomic E-state index is 2.34. The fraction of sp³-hybridized carbons (Fsp3) is 0.889. The van der Waals surface area contributed by atoms with E-state index < -0.39 is 0 Å². The Balaban J connectivity index is 2.01. The molecule has 0 amide bonds. The maximum absolute atomic E-state index is 2.34. The number of fused-ring (bicyclic) bond motifs is 2. The summed E-state index contributed by atoms with van der Waals surface area (Å²) in [5.41, 5.74) is 0. The van der Waals surface area contributed by atoms with Crippen LogP contribution in [0, 0.1) is 17.8 Å². The Labute approximate surface area is 57.6 Å². The first-order valence-corrected chi connectivity index (χ1v) is 4.23. The van der Waals surface area contributed by atoms with Crippen molar-refractivity contribution in [1.29, 1.82) is 0 Å². The van der Waals surface area contributed by atoms with Gasteiger partial charge in [0.25, 0.3) is 0 Å². The molecule has 0 aromatic carbocycles. The molecule has 1 radical (unpaired) electrons. The van der Waals surface area contributed by atoms with Crippen molar-refractivity contribution in [3.8, 4) is 0 Å². The number of hydrogen-bond acceptors (Lipinski definition) is 0. The van der Waals surface area contributed by atoms with Crippen molar-refractivity contribution in [2.45, 2.75) is 39.0 Å². The first kappa shape index (κ1) is 5.76. The number of hydrogen-bond donors (Lipinski definition) is 0. The van der Waals surface area contributed by atoms with Gasteiger partial charge in [0.2, 0.25) is 0 Å². The van der Waals surface area contributed by atoms with E-state index in [1.54, 1.807) is 0 Å². The molecular weight excluding hydrogens is 108 g/mol. The molecule has 2 fully saturated rings. The van der Waals surface area contributed by atoms with Crippen LogP contribution in [0.25, 0.3) is 0 Å². The van der Waals surface area contributed by atoms with Gasteiger partial charge in [-0.1, -0.05) is 13.3 Å². The Bertz CT molecular complexity index is 107. The van der Waals surface area contributed by atoms with Gasteiger partial charge in [-0.25, -0.2) is 0 Å². The van der Waals surface area contributed by atoms with Gasteiger partial charge in [0.1, 0.15) is 0 Å². The van der Waals surface area contributed by atoms with Gasteiger partial charge in [-0.2, -0.15) is 0 Å². The van der Waals surface area contributed by atoms with Gasteiger partial charge >= 0.3 is 0 Å². The molecule has 2 saturated carbocycles. The molecule has 0 aromatic heterocycles. The lowest BCUT2D eigenvalue weighted by Crippen LogP contribution is -2.07. The summed E-state index contributed by atoms with van der Waals surface area (Å²) in [5, 5.41) is 0. The summed E-state index contributed by atoms with van der Waals surface area (Å²) in [6, 6.07) is 0. The molecule has 2 rings (SSSR count). The molecule has 9 heavy (non-hydrogen) atoms. The van der Waals surface area contributed by atoms with Crippen LogP contribution >= 0.6 is 0 Å². The third-order valence-corrected chi connectivity index (χ3v) is 3.16. The van der Waals surface area contributed by atoms with Crippen LogP contribution in [0.5, 0.6) is 0 Å². The molecule has 0 spiro atoms. The molecule has 2 aliphatic carbocycles. The van der Waals surface area contributed by atoms with E-state index in [4.69, 9.17) is 0 Å². The molecule has 2 atom stereocenters. The van der Waals surface area contributed by atoms with Crippen LogP contribution in [0.3, 0.4) is 0 Å². The lowest BCUT2D eigenvalue weighted by Gasteiger charge is -2.18. The Kier molecular flexibility index (Phi) is 1.28. The van der Waals surface area contributed by atoms with E-state index in [-0.39, 0.29) is 0 Å². The van der Waals surface area contributed by atoms with Gasteiger partial charge in [0.05, 0.1) is 0 Å². The van der Waals surface area contributed by atoms with Crippen LogP contribution < -0.4 is 0 Å². The summed E-state index contributed by atoms with van der Waals surface area (Å²) in [6.45, 7) is 2.34. The summed E-state index contributed by atoms with van der Waals surface area (Å²) in [5.74, 6) is 4.09. The minimum atomic E-state index is 1.09. The van der Waals surface area contributed by atoms with Crippen molar-refractivity contribution >= 4 is 0 Å². The highest BCUT2D eigenvalue weighted by molar-refractivity contribution is 5.07. The van der Waals surface area contributed by atoms with Crippen LogP contribution in [-0.4, -0.2) is 0 Å².